The molecular weight excluding hydrogens is 282 g/mol. The van der Waals surface area contributed by atoms with Gasteiger partial charge in [-0.1, -0.05) is 12.1 Å². The second-order valence-corrected chi connectivity index (χ2v) is 5.29. The van der Waals surface area contributed by atoms with Crippen molar-refractivity contribution in [1.82, 2.24) is 14.8 Å². The molecule has 1 aliphatic rings. The van der Waals surface area contributed by atoms with Crippen LogP contribution in [0.2, 0.25) is 0 Å². The summed E-state index contributed by atoms with van der Waals surface area (Å²) in [5.41, 5.74) is 1.03. The summed E-state index contributed by atoms with van der Waals surface area (Å²) in [6.07, 6.45) is 2.18. The smallest absolute Gasteiger partial charge is 0.376 e. The molecule has 6 heteroatoms. The zero-order chi connectivity index (χ0) is 15.5. The van der Waals surface area contributed by atoms with Gasteiger partial charge in [0, 0.05) is 5.92 Å². The van der Waals surface area contributed by atoms with Crippen LogP contribution in [0.1, 0.15) is 47.7 Å². The molecule has 116 valence electrons. The van der Waals surface area contributed by atoms with Gasteiger partial charge in [0.25, 0.3) is 0 Å². The van der Waals surface area contributed by atoms with Gasteiger partial charge < -0.3 is 9.47 Å². The van der Waals surface area contributed by atoms with Crippen molar-refractivity contribution < 1.29 is 14.3 Å². The van der Waals surface area contributed by atoms with Crippen LogP contribution in [0, 0.1) is 0 Å². The quantitative estimate of drug-likeness (QED) is 0.766. The molecule has 0 spiro atoms. The van der Waals surface area contributed by atoms with Crippen LogP contribution in [-0.2, 0) is 11.3 Å². The lowest BCUT2D eigenvalue weighted by atomic mass is 10.2. The van der Waals surface area contributed by atoms with Gasteiger partial charge in [-0.25, -0.2) is 14.5 Å². The van der Waals surface area contributed by atoms with Crippen molar-refractivity contribution in [2.24, 2.45) is 0 Å². The zero-order valence-electron chi connectivity index (χ0n) is 12.8. The van der Waals surface area contributed by atoms with Crippen molar-refractivity contribution in [3.05, 3.63) is 41.5 Å². The maximum absolute atomic E-state index is 12.0. The third-order valence-corrected chi connectivity index (χ3v) is 3.58. The minimum Gasteiger partial charge on any atom is -0.497 e. The van der Waals surface area contributed by atoms with E-state index in [1.54, 1.807) is 18.7 Å². The Morgan fingerprint density at radius 3 is 2.64 bits per heavy atom. The maximum Gasteiger partial charge on any atom is 0.376 e. The average Bonchev–Trinajstić information content (AvgIpc) is 3.30. The van der Waals surface area contributed by atoms with E-state index < -0.39 is 5.97 Å². The number of benzene rings is 1. The lowest BCUT2D eigenvalue weighted by Crippen LogP contribution is -2.15. The summed E-state index contributed by atoms with van der Waals surface area (Å²) in [5.74, 6) is 1.79. The molecule has 0 bridgehead atoms. The molecule has 0 N–H and O–H groups in total. The zero-order valence-corrected chi connectivity index (χ0v) is 12.8. The maximum atomic E-state index is 12.0. The fourth-order valence-corrected chi connectivity index (χ4v) is 2.23. The molecule has 0 radical (unpaired) electrons. The fraction of sp³-hybridized carbons (Fsp3) is 0.438. The first-order chi connectivity index (χ1) is 10.7. The summed E-state index contributed by atoms with van der Waals surface area (Å²) in [6.45, 7) is 2.59. The van der Waals surface area contributed by atoms with Crippen molar-refractivity contribution >= 4 is 5.97 Å². The van der Waals surface area contributed by atoms with Crippen LogP contribution in [0.4, 0.5) is 0 Å². The minimum absolute atomic E-state index is 0.277. The molecule has 1 aromatic carbocycles. The van der Waals surface area contributed by atoms with Crippen LogP contribution in [0.15, 0.2) is 24.3 Å². The molecule has 1 saturated carbocycles. The molecule has 2 aromatic rings. The normalized spacial score (nSPS) is 13.9. The number of aromatic nitrogens is 3. The van der Waals surface area contributed by atoms with Gasteiger partial charge in [-0.15, -0.1) is 0 Å². The molecule has 6 nitrogen and oxygen atoms in total. The minimum atomic E-state index is -0.421. The number of rotatable bonds is 6. The Kier molecular flexibility index (Phi) is 4.09. The highest BCUT2D eigenvalue weighted by molar-refractivity contribution is 5.85. The average molecular weight is 301 g/mol. The van der Waals surface area contributed by atoms with Crippen LogP contribution in [0.5, 0.6) is 5.75 Å². The highest BCUT2D eigenvalue weighted by Crippen LogP contribution is 2.38. The van der Waals surface area contributed by atoms with Crippen LogP contribution in [0.3, 0.4) is 0 Å². The molecule has 0 aliphatic heterocycles. The van der Waals surface area contributed by atoms with E-state index in [9.17, 15) is 4.79 Å². The molecule has 1 heterocycles. The lowest BCUT2D eigenvalue weighted by molar-refractivity contribution is 0.0505. The summed E-state index contributed by atoms with van der Waals surface area (Å²) < 4.78 is 11.9. The van der Waals surface area contributed by atoms with Gasteiger partial charge in [-0.3, -0.25) is 0 Å². The van der Waals surface area contributed by atoms with Crippen molar-refractivity contribution in [2.75, 3.05) is 13.7 Å². The molecule has 1 aliphatic carbocycles. The fourth-order valence-electron chi connectivity index (χ4n) is 2.23. The summed E-state index contributed by atoms with van der Waals surface area (Å²) in [7, 11) is 1.63. The Bertz CT molecular complexity index is 660. The standard InChI is InChI=1S/C16H19N3O3/c1-3-22-16(20)15-17-14(12-6-7-12)18-19(15)10-11-4-8-13(21-2)9-5-11/h4-5,8-9,12H,3,6-7,10H2,1-2H3. The first-order valence-electron chi connectivity index (χ1n) is 7.46. The topological polar surface area (TPSA) is 66.2 Å². The largest absolute Gasteiger partial charge is 0.497 e. The van der Waals surface area contributed by atoms with Crippen LogP contribution in [-0.4, -0.2) is 34.5 Å². The van der Waals surface area contributed by atoms with Crippen LogP contribution >= 0.6 is 0 Å². The molecule has 22 heavy (non-hydrogen) atoms. The Balaban J connectivity index is 1.85. The molecule has 1 aromatic heterocycles. The Hall–Kier alpha value is -2.37. The Morgan fingerprint density at radius 1 is 1.32 bits per heavy atom. The van der Waals surface area contributed by atoms with Gasteiger partial charge in [0.2, 0.25) is 5.82 Å². The summed E-state index contributed by atoms with van der Waals surface area (Å²) in [4.78, 5) is 16.4. The van der Waals surface area contributed by atoms with E-state index in [1.165, 1.54) is 0 Å². The van der Waals surface area contributed by atoms with Gasteiger partial charge in [0.05, 0.1) is 20.3 Å². The van der Waals surface area contributed by atoms with E-state index >= 15 is 0 Å². The number of carbonyl (C=O) groups excluding carboxylic acids is 1. The van der Waals surface area contributed by atoms with Crippen molar-refractivity contribution in [3.63, 3.8) is 0 Å². The highest BCUT2D eigenvalue weighted by atomic mass is 16.5. The van der Waals surface area contributed by atoms with E-state index in [0.717, 1.165) is 30.0 Å². The first kappa shape index (κ1) is 14.6. The molecular formula is C16H19N3O3. The summed E-state index contributed by atoms with van der Waals surface area (Å²) in [6, 6.07) is 7.68. The molecule has 0 amide bonds. The molecule has 3 rings (SSSR count). The number of hydrogen-bond acceptors (Lipinski definition) is 5. The van der Waals surface area contributed by atoms with Gasteiger partial charge in [0.15, 0.2) is 5.82 Å². The van der Waals surface area contributed by atoms with Gasteiger partial charge in [-0.2, -0.15) is 5.10 Å². The number of methoxy groups -OCH3 is 1. The number of hydrogen-bond donors (Lipinski definition) is 0. The first-order valence-corrected chi connectivity index (χ1v) is 7.46. The van der Waals surface area contributed by atoms with E-state index in [2.05, 4.69) is 10.1 Å². The summed E-state index contributed by atoms with van der Waals surface area (Å²) >= 11 is 0. The SMILES string of the molecule is CCOC(=O)c1nc(C2CC2)nn1Cc1ccc(OC)cc1. The molecule has 0 atom stereocenters. The number of nitrogens with zero attached hydrogens (tertiary/aromatic N) is 3. The van der Waals surface area contributed by atoms with E-state index in [4.69, 9.17) is 9.47 Å². The van der Waals surface area contributed by atoms with Gasteiger partial charge >= 0.3 is 5.97 Å². The van der Waals surface area contributed by atoms with Crippen molar-refractivity contribution in [1.29, 1.82) is 0 Å². The Labute approximate surface area is 129 Å². The Morgan fingerprint density at radius 2 is 2.05 bits per heavy atom. The van der Waals surface area contributed by atoms with Gasteiger partial charge in [-0.05, 0) is 37.5 Å². The van der Waals surface area contributed by atoms with Crippen molar-refractivity contribution in [3.8, 4) is 5.75 Å². The number of carbonyl (C=O) groups is 1. The summed E-state index contributed by atoms with van der Waals surface area (Å²) in [5, 5.41) is 4.49. The second-order valence-electron chi connectivity index (χ2n) is 5.29. The van der Waals surface area contributed by atoms with Crippen molar-refractivity contribution in [2.45, 2.75) is 32.2 Å². The van der Waals surface area contributed by atoms with Gasteiger partial charge in [0.1, 0.15) is 5.75 Å². The highest BCUT2D eigenvalue weighted by Gasteiger charge is 2.30. The van der Waals surface area contributed by atoms with E-state index in [-0.39, 0.29) is 5.82 Å². The predicted octanol–water partition coefficient (Wildman–Crippen LogP) is 2.39. The molecule has 0 saturated heterocycles. The third kappa shape index (κ3) is 3.10. The second kappa shape index (κ2) is 6.17. The monoisotopic (exact) mass is 301 g/mol. The van der Waals surface area contributed by atoms with Crippen LogP contribution < -0.4 is 4.74 Å². The van der Waals surface area contributed by atoms with Crippen LogP contribution in [0.25, 0.3) is 0 Å². The molecule has 1 fully saturated rings. The number of esters is 1. The number of ether oxygens (including phenoxy) is 2. The third-order valence-electron chi connectivity index (χ3n) is 3.58. The van der Waals surface area contributed by atoms with E-state index in [0.29, 0.717) is 19.1 Å². The lowest BCUT2D eigenvalue weighted by Gasteiger charge is -2.06. The predicted molar refractivity (Wildman–Crippen MR) is 80.0 cm³/mol. The molecule has 0 unspecified atom stereocenters. The van der Waals surface area contributed by atoms with E-state index in [1.807, 2.05) is 24.3 Å².